The number of hydrogen-bond acceptors (Lipinski definition) is 1. The molecule has 78 valence electrons. The van der Waals surface area contributed by atoms with Crippen LogP contribution in [0.2, 0.25) is 5.02 Å². The molecule has 0 bridgehead atoms. The number of nitrogens with zero attached hydrogens (tertiary/aromatic N) is 1. The van der Waals surface area contributed by atoms with Gasteiger partial charge in [-0.3, -0.25) is 0 Å². The van der Waals surface area contributed by atoms with Crippen LogP contribution in [0.5, 0.6) is 0 Å². The van der Waals surface area contributed by atoms with Crippen molar-refractivity contribution in [2.24, 2.45) is 0 Å². The van der Waals surface area contributed by atoms with Gasteiger partial charge in [0.15, 0.2) is 0 Å². The van der Waals surface area contributed by atoms with E-state index in [0.717, 1.165) is 11.6 Å². The van der Waals surface area contributed by atoms with Crippen molar-refractivity contribution in [3.05, 3.63) is 40.0 Å². The van der Waals surface area contributed by atoms with Gasteiger partial charge < -0.3 is 4.90 Å². The predicted octanol–water partition coefficient (Wildman–Crippen LogP) is 3.29. The maximum atomic E-state index is 6.26. The molecule has 1 aliphatic heterocycles. The second kappa shape index (κ2) is 3.28. The fraction of sp³-hybridized carbons (Fsp3) is 0.385. The van der Waals surface area contributed by atoms with E-state index in [0.29, 0.717) is 5.92 Å². The van der Waals surface area contributed by atoms with Gasteiger partial charge in [0.05, 0.1) is 0 Å². The zero-order chi connectivity index (χ0) is 10.4. The Hall–Kier alpha value is -0.950. The number of rotatable bonds is 0. The first-order valence-electron chi connectivity index (χ1n) is 5.45. The molecule has 0 fully saturated rings. The van der Waals surface area contributed by atoms with Gasteiger partial charge in [-0.05, 0) is 47.9 Å². The van der Waals surface area contributed by atoms with E-state index in [1.807, 2.05) is 6.07 Å². The summed E-state index contributed by atoms with van der Waals surface area (Å²) < 4.78 is 0. The van der Waals surface area contributed by atoms with Crippen LogP contribution in [0.15, 0.2) is 18.3 Å². The van der Waals surface area contributed by atoms with Crippen LogP contribution in [0, 0.1) is 0 Å². The molecule has 2 aliphatic rings. The van der Waals surface area contributed by atoms with Crippen molar-refractivity contribution < 1.29 is 0 Å². The van der Waals surface area contributed by atoms with E-state index < -0.39 is 0 Å². The summed E-state index contributed by atoms with van der Waals surface area (Å²) in [7, 11) is 2.13. The average molecular weight is 220 g/mol. The molecular weight excluding hydrogens is 206 g/mol. The highest BCUT2D eigenvalue weighted by molar-refractivity contribution is 6.32. The lowest BCUT2D eigenvalue weighted by Gasteiger charge is -2.17. The van der Waals surface area contributed by atoms with Gasteiger partial charge in [0.2, 0.25) is 0 Å². The normalized spacial score (nSPS) is 22.8. The van der Waals surface area contributed by atoms with Gasteiger partial charge in [0, 0.05) is 24.5 Å². The van der Waals surface area contributed by atoms with Crippen LogP contribution in [-0.2, 0) is 6.42 Å². The first kappa shape index (κ1) is 9.29. The minimum atomic E-state index is 0.675. The van der Waals surface area contributed by atoms with E-state index in [-0.39, 0.29) is 0 Å². The molecule has 0 spiro atoms. The topological polar surface area (TPSA) is 3.24 Å². The molecule has 3 rings (SSSR count). The second-order valence-electron chi connectivity index (χ2n) is 4.52. The van der Waals surface area contributed by atoms with Crippen LogP contribution in [0.4, 0.5) is 0 Å². The van der Waals surface area contributed by atoms with E-state index in [9.17, 15) is 0 Å². The van der Waals surface area contributed by atoms with Crippen molar-refractivity contribution in [1.29, 1.82) is 0 Å². The van der Waals surface area contributed by atoms with Crippen LogP contribution >= 0.6 is 11.6 Å². The Morgan fingerprint density at radius 3 is 3.13 bits per heavy atom. The zero-order valence-corrected chi connectivity index (χ0v) is 9.59. The van der Waals surface area contributed by atoms with E-state index >= 15 is 0 Å². The van der Waals surface area contributed by atoms with Gasteiger partial charge in [-0.1, -0.05) is 17.7 Å². The number of hydrogen-bond donors (Lipinski definition) is 0. The Morgan fingerprint density at radius 2 is 2.27 bits per heavy atom. The molecule has 0 saturated heterocycles. The summed E-state index contributed by atoms with van der Waals surface area (Å²) in [6.45, 7) is 1.12. The lowest BCUT2D eigenvalue weighted by Crippen LogP contribution is -2.16. The molecule has 0 amide bonds. The van der Waals surface area contributed by atoms with Crippen LogP contribution in [-0.4, -0.2) is 18.5 Å². The molecule has 1 nitrogen and oxygen atoms in total. The zero-order valence-electron chi connectivity index (χ0n) is 8.83. The molecule has 0 radical (unpaired) electrons. The van der Waals surface area contributed by atoms with Crippen molar-refractivity contribution in [1.82, 2.24) is 4.90 Å². The first-order valence-corrected chi connectivity index (χ1v) is 5.83. The largest absolute Gasteiger partial charge is 0.380 e. The van der Waals surface area contributed by atoms with Crippen molar-refractivity contribution in [3.63, 3.8) is 0 Å². The predicted molar refractivity (Wildman–Crippen MR) is 64.2 cm³/mol. The standard InChI is InChI=1S/C13H14ClN/c1-15-7-6-11-12(14)5-4-9-2-3-10(8-15)13(9)11/h4-7,10H,2-3,8H2,1H3. The number of aryl methyl sites for hydroxylation is 1. The highest BCUT2D eigenvalue weighted by atomic mass is 35.5. The van der Waals surface area contributed by atoms with Crippen molar-refractivity contribution in [2.45, 2.75) is 18.8 Å². The van der Waals surface area contributed by atoms with Gasteiger partial charge in [0.1, 0.15) is 0 Å². The average Bonchev–Trinajstić information content (AvgIpc) is 2.52. The highest BCUT2D eigenvalue weighted by Crippen LogP contribution is 2.40. The molecule has 0 aromatic heterocycles. The molecular formula is C13H14ClN. The Kier molecular flexibility index (Phi) is 2.03. The Bertz CT molecular complexity index is 436. The van der Waals surface area contributed by atoms with Gasteiger partial charge in [-0.15, -0.1) is 0 Å². The maximum absolute atomic E-state index is 6.26. The quantitative estimate of drug-likeness (QED) is 0.647. The molecule has 1 atom stereocenters. The van der Waals surface area contributed by atoms with E-state index in [2.05, 4.69) is 30.3 Å². The number of benzene rings is 1. The van der Waals surface area contributed by atoms with E-state index in [1.54, 1.807) is 0 Å². The van der Waals surface area contributed by atoms with Gasteiger partial charge in [0.25, 0.3) is 0 Å². The molecule has 1 unspecified atom stereocenters. The van der Waals surface area contributed by atoms with Gasteiger partial charge >= 0.3 is 0 Å². The summed E-state index contributed by atoms with van der Waals surface area (Å²) in [6.07, 6.45) is 6.78. The number of halogens is 1. The Balaban J connectivity index is 2.23. The summed E-state index contributed by atoms with van der Waals surface area (Å²) in [6, 6.07) is 4.23. The summed E-state index contributed by atoms with van der Waals surface area (Å²) in [5.41, 5.74) is 4.25. The molecule has 1 aliphatic carbocycles. The fourth-order valence-electron chi connectivity index (χ4n) is 2.79. The Labute approximate surface area is 95.3 Å². The Morgan fingerprint density at radius 1 is 1.40 bits per heavy atom. The minimum absolute atomic E-state index is 0.675. The molecule has 1 aromatic carbocycles. The first-order chi connectivity index (χ1) is 7.25. The van der Waals surface area contributed by atoms with Crippen LogP contribution in [0.1, 0.15) is 29.0 Å². The number of likely N-dealkylation sites (N-methyl/N-ethyl adjacent to an activating group) is 1. The third kappa shape index (κ3) is 1.37. The summed E-state index contributed by atoms with van der Waals surface area (Å²) in [5, 5.41) is 0.896. The minimum Gasteiger partial charge on any atom is -0.380 e. The van der Waals surface area contributed by atoms with E-state index in [4.69, 9.17) is 11.6 Å². The summed E-state index contributed by atoms with van der Waals surface area (Å²) in [5.74, 6) is 0.675. The van der Waals surface area contributed by atoms with Crippen LogP contribution in [0.25, 0.3) is 6.08 Å². The van der Waals surface area contributed by atoms with Gasteiger partial charge in [-0.25, -0.2) is 0 Å². The smallest absolute Gasteiger partial charge is 0.0481 e. The van der Waals surface area contributed by atoms with Crippen molar-refractivity contribution >= 4 is 17.7 Å². The maximum Gasteiger partial charge on any atom is 0.0481 e. The molecule has 0 saturated carbocycles. The van der Waals surface area contributed by atoms with Crippen molar-refractivity contribution in [2.75, 3.05) is 13.6 Å². The van der Waals surface area contributed by atoms with E-state index in [1.165, 1.54) is 29.5 Å². The third-order valence-corrected chi connectivity index (χ3v) is 3.83. The van der Waals surface area contributed by atoms with Crippen molar-refractivity contribution in [3.8, 4) is 0 Å². The molecule has 2 heteroatoms. The molecule has 15 heavy (non-hydrogen) atoms. The third-order valence-electron chi connectivity index (χ3n) is 3.50. The van der Waals surface area contributed by atoms with Crippen LogP contribution < -0.4 is 0 Å². The fourth-order valence-corrected chi connectivity index (χ4v) is 3.02. The monoisotopic (exact) mass is 219 g/mol. The second-order valence-corrected chi connectivity index (χ2v) is 4.93. The highest BCUT2D eigenvalue weighted by Gasteiger charge is 2.27. The summed E-state index contributed by atoms with van der Waals surface area (Å²) in [4.78, 5) is 2.26. The van der Waals surface area contributed by atoms with Crippen LogP contribution in [0.3, 0.4) is 0 Å². The lowest BCUT2D eigenvalue weighted by atomic mass is 9.96. The molecule has 0 N–H and O–H groups in total. The summed E-state index contributed by atoms with van der Waals surface area (Å²) >= 11 is 6.26. The SMILES string of the molecule is CN1C=Cc2c(Cl)ccc3c2C(CC3)C1. The molecule has 1 aromatic rings. The van der Waals surface area contributed by atoms with Gasteiger partial charge in [-0.2, -0.15) is 0 Å². The molecule has 1 heterocycles. The lowest BCUT2D eigenvalue weighted by molar-refractivity contribution is 0.415.